The standard InChI is InChI=1S/C8H8BrNO2/c9-6-2-1-3-7(10)5(6)4-8(11)12/h1-3H,4,10H2,(H,11,12). The molecule has 0 fully saturated rings. The highest BCUT2D eigenvalue weighted by atomic mass is 79.9. The molecular formula is C8H8BrNO2. The number of hydrogen-bond acceptors (Lipinski definition) is 2. The highest BCUT2D eigenvalue weighted by Gasteiger charge is 2.07. The van der Waals surface area contributed by atoms with E-state index in [-0.39, 0.29) is 6.42 Å². The maximum absolute atomic E-state index is 10.4. The monoisotopic (exact) mass is 229 g/mol. The zero-order valence-electron chi connectivity index (χ0n) is 6.25. The summed E-state index contributed by atoms with van der Waals surface area (Å²) in [5, 5.41) is 8.54. The van der Waals surface area contributed by atoms with Crippen LogP contribution in [0.15, 0.2) is 22.7 Å². The molecule has 0 aliphatic rings. The largest absolute Gasteiger partial charge is 0.481 e. The summed E-state index contributed by atoms with van der Waals surface area (Å²) in [6.07, 6.45) is -0.0484. The van der Waals surface area contributed by atoms with Crippen LogP contribution in [0, 0.1) is 0 Å². The summed E-state index contributed by atoms with van der Waals surface area (Å²) in [7, 11) is 0. The van der Waals surface area contributed by atoms with Crippen molar-refractivity contribution in [2.75, 3.05) is 5.73 Å². The van der Waals surface area contributed by atoms with E-state index in [0.29, 0.717) is 11.3 Å². The third kappa shape index (κ3) is 1.98. The van der Waals surface area contributed by atoms with Gasteiger partial charge < -0.3 is 10.8 Å². The lowest BCUT2D eigenvalue weighted by Gasteiger charge is -2.04. The number of anilines is 1. The van der Waals surface area contributed by atoms with Crippen molar-refractivity contribution in [1.82, 2.24) is 0 Å². The van der Waals surface area contributed by atoms with Crippen LogP contribution >= 0.6 is 15.9 Å². The Balaban J connectivity index is 3.04. The molecule has 0 unspecified atom stereocenters. The van der Waals surface area contributed by atoms with E-state index in [1.807, 2.05) is 0 Å². The van der Waals surface area contributed by atoms with Gasteiger partial charge in [-0.25, -0.2) is 0 Å². The quantitative estimate of drug-likeness (QED) is 0.759. The Morgan fingerprint density at radius 2 is 2.25 bits per heavy atom. The number of nitrogens with two attached hydrogens (primary N) is 1. The van der Waals surface area contributed by atoms with Gasteiger partial charge in [-0.15, -0.1) is 0 Å². The first-order valence-corrected chi connectivity index (χ1v) is 4.15. The molecule has 0 spiro atoms. The smallest absolute Gasteiger partial charge is 0.307 e. The van der Waals surface area contributed by atoms with Crippen molar-refractivity contribution in [1.29, 1.82) is 0 Å². The average molecular weight is 230 g/mol. The van der Waals surface area contributed by atoms with E-state index in [9.17, 15) is 4.79 Å². The van der Waals surface area contributed by atoms with Crippen LogP contribution in [0.2, 0.25) is 0 Å². The molecule has 4 heteroatoms. The SMILES string of the molecule is Nc1cccc(Br)c1CC(=O)O. The van der Waals surface area contributed by atoms with Crippen LogP contribution in [0.5, 0.6) is 0 Å². The number of halogens is 1. The highest BCUT2D eigenvalue weighted by Crippen LogP contribution is 2.22. The molecular weight excluding hydrogens is 222 g/mol. The number of carboxylic acid groups (broad SMARTS) is 1. The fourth-order valence-electron chi connectivity index (χ4n) is 0.913. The molecule has 0 amide bonds. The number of nitrogen functional groups attached to an aromatic ring is 1. The van der Waals surface area contributed by atoms with Crippen molar-refractivity contribution >= 4 is 27.6 Å². The first kappa shape index (κ1) is 9.06. The van der Waals surface area contributed by atoms with E-state index < -0.39 is 5.97 Å². The summed E-state index contributed by atoms with van der Waals surface area (Å²) in [5.74, 6) is -0.881. The maximum Gasteiger partial charge on any atom is 0.307 e. The molecule has 3 N–H and O–H groups in total. The summed E-state index contributed by atoms with van der Waals surface area (Å²) in [6, 6.07) is 5.22. The van der Waals surface area contributed by atoms with E-state index in [2.05, 4.69) is 15.9 Å². The van der Waals surface area contributed by atoms with Gasteiger partial charge in [0.1, 0.15) is 0 Å². The Labute approximate surface area is 78.3 Å². The van der Waals surface area contributed by atoms with Crippen LogP contribution < -0.4 is 5.73 Å². The number of benzene rings is 1. The molecule has 12 heavy (non-hydrogen) atoms. The van der Waals surface area contributed by atoms with E-state index in [1.54, 1.807) is 18.2 Å². The molecule has 0 saturated carbocycles. The predicted molar refractivity (Wildman–Crippen MR) is 49.9 cm³/mol. The Morgan fingerprint density at radius 3 is 2.75 bits per heavy atom. The summed E-state index contributed by atoms with van der Waals surface area (Å²) in [4.78, 5) is 10.4. The van der Waals surface area contributed by atoms with E-state index in [4.69, 9.17) is 10.8 Å². The van der Waals surface area contributed by atoms with Crippen LogP contribution in [0.3, 0.4) is 0 Å². The Hall–Kier alpha value is -1.03. The van der Waals surface area contributed by atoms with E-state index in [0.717, 1.165) is 4.47 Å². The number of carboxylic acids is 1. The number of carbonyl (C=O) groups is 1. The second-order valence-corrected chi connectivity index (χ2v) is 3.23. The Kier molecular flexibility index (Phi) is 2.70. The van der Waals surface area contributed by atoms with Gasteiger partial charge in [-0.05, 0) is 12.1 Å². The molecule has 0 atom stereocenters. The van der Waals surface area contributed by atoms with E-state index in [1.165, 1.54) is 0 Å². The first-order chi connectivity index (χ1) is 5.61. The molecule has 1 aromatic rings. The molecule has 0 bridgehead atoms. The molecule has 0 aliphatic heterocycles. The topological polar surface area (TPSA) is 63.3 Å². The normalized spacial score (nSPS) is 9.75. The molecule has 0 aromatic heterocycles. The second-order valence-electron chi connectivity index (χ2n) is 2.38. The zero-order valence-corrected chi connectivity index (χ0v) is 7.84. The van der Waals surface area contributed by atoms with E-state index >= 15 is 0 Å². The number of rotatable bonds is 2. The third-order valence-electron chi connectivity index (χ3n) is 1.48. The predicted octanol–water partition coefficient (Wildman–Crippen LogP) is 1.66. The van der Waals surface area contributed by atoms with Crippen molar-refractivity contribution in [3.05, 3.63) is 28.2 Å². The van der Waals surface area contributed by atoms with Gasteiger partial charge in [-0.2, -0.15) is 0 Å². The lowest BCUT2D eigenvalue weighted by molar-refractivity contribution is -0.136. The van der Waals surface area contributed by atoms with Gasteiger partial charge in [0.15, 0.2) is 0 Å². The molecule has 0 heterocycles. The fourth-order valence-corrected chi connectivity index (χ4v) is 1.43. The van der Waals surface area contributed by atoms with Gasteiger partial charge in [0.05, 0.1) is 6.42 Å². The van der Waals surface area contributed by atoms with Gasteiger partial charge in [0.2, 0.25) is 0 Å². The van der Waals surface area contributed by atoms with Crippen molar-refractivity contribution in [3.8, 4) is 0 Å². The summed E-state index contributed by atoms with van der Waals surface area (Å²) >= 11 is 3.23. The maximum atomic E-state index is 10.4. The number of hydrogen-bond donors (Lipinski definition) is 2. The molecule has 0 radical (unpaired) electrons. The molecule has 0 saturated heterocycles. The fraction of sp³-hybridized carbons (Fsp3) is 0.125. The Morgan fingerprint density at radius 1 is 1.58 bits per heavy atom. The third-order valence-corrected chi connectivity index (χ3v) is 2.23. The highest BCUT2D eigenvalue weighted by molar-refractivity contribution is 9.10. The average Bonchev–Trinajstić information content (AvgIpc) is 1.97. The van der Waals surface area contributed by atoms with Gasteiger partial charge in [-0.3, -0.25) is 4.79 Å². The van der Waals surface area contributed by atoms with Crippen molar-refractivity contribution < 1.29 is 9.90 Å². The minimum atomic E-state index is -0.881. The van der Waals surface area contributed by atoms with Crippen LogP contribution in [0.25, 0.3) is 0 Å². The molecule has 64 valence electrons. The van der Waals surface area contributed by atoms with Crippen molar-refractivity contribution in [2.24, 2.45) is 0 Å². The second kappa shape index (κ2) is 3.58. The lowest BCUT2D eigenvalue weighted by atomic mass is 10.1. The molecule has 3 nitrogen and oxygen atoms in total. The summed E-state index contributed by atoms with van der Waals surface area (Å²) in [6.45, 7) is 0. The van der Waals surface area contributed by atoms with Gasteiger partial charge in [-0.1, -0.05) is 22.0 Å². The molecule has 1 rings (SSSR count). The molecule has 1 aromatic carbocycles. The van der Waals surface area contributed by atoms with Crippen LogP contribution in [0.4, 0.5) is 5.69 Å². The van der Waals surface area contributed by atoms with Crippen molar-refractivity contribution in [3.63, 3.8) is 0 Å². The summed E-state index contributed by atoms with van der Waals surface area (Å²) in [5.41, 5.74) is 6.71. The lowest BCUT2D eigenvalue weighted by Crippen LogP contribution is -2.04. The van der Waals surface area contributed by atoms with Crippen LogP contribution in [0.1, 0.15) is 5.56 Å². The molecule has 0 aliphatic carbocycles. The van der Waals surface area contributed by atoms with Gasteiger partial charge in [0, 0.05) is 15.7 Å². The van der Waals surface area contributed by atoms with Crippen LogP contribution in [-0.4, -0.2) is 11.1 Å². The summed E-state index contributed by atoms with van der Waals surface area (Å²) < 4.78 is 0.741. The Bertz CT molecular complexity index is 292. The minimum absolute atomic E-state index is 0.0484. The first-order valence-electron chi connectivity index (χ1n) is 3.36. The van der Waals surface area contributed by atoms with Crippen LogP contribution in [-0.2, 0) is 11.2 Å². The van der Waals surface area contributed by atoms with Crippen molar-refractivity contribution in [2.45, 2.75) is 6.42 Å². The zero-order chi connectivity index (χ0) is 9.14. The van der Waals surface area contributed by atoms with Gasteiger partial charge in [0.25, 0.3) is 0 Å². The number of aliphatic carboxylic acids is 1. The van der Waals surface area contributed by atoms with Gasteiger partial charge >= 0.3 is 5.97 Å². The minimum Gasteiger partial charge on any atom is -0.481 e.